The summed E-state index contributed by atoms with van der Waals surface area (Å²) in [5.74, 6) is -4.18. The normalized spacial score (nSPS) is 13.6. The van der Waals surface area contributed by atoms with E-state index in [0.717, 1.165) is 17.0 Å². The lowest BCUT2D eigenvalue weighted by Crippen LogP contribution is -2.32. The van der Waals surface area contributed by atoms with Gasteiger partial charge >= 0.3 is 0 Å². The maximum Gasteiger partial charge on any atom is 0.278 e. The van der Waals surface area contributed by atoms with Gasteiger partial charge in [-0.2, -0.15) is 0 Å². The second-order valence-electron chi connectivity index (χ2n) is 7.13. The van der Waals surface area contributed by atoms with E-state index in [2.05, 4.69) is 5.32 Å². The molecule has 2 amide bonds. The van der Waals surface area contributed by atoms with Crippen LogP contribution in [-0.4, -0.2) is 21.6 Å². The van der Waals surface area contributed by atoms with Crippen LogP contribution in [0, 0.1) is 27.6 Å². The molecular weight excluding hydrogens is 439 g/mol. The number of hydrogen-bond acceptors (Lipinski definition) is 5. The number of carbonyl (C=O) groups is 2. The van der Waals surface area contributed by atoms with Gasteiger partial charge in [-0.3, -0.25) is 24.6 Å². The largest absolute Gasteiger partial charge is 0.350 e. The van der Waals surface area contributed by atoms with E-state index in [9.17, 15) is 32.9 Å². The molecule has 1 heterocycles. The first kappa shape index (κ1) is 21.8. The van der Waals surface area contributed by atoms with Crippen molar-refractivity contribution in [3.05, 3.63) is 111 Å². The molecule has 0 atom stereocenters. The van der Waals surface area contributed by atoms with Gasteiger partial charge in [0.25, 0.3) is 17.5 Å². The van der Waals surface area contributed by atoms with E-state index in [1.165, 1.54) is 54.6 Å². The van der Waals surface area contributed by atoms with Crippen LogP contribution in [0.5, 0.6) is 0 Å². The zero-order valence-corrected chi connectivity index (χ0v) is 16.7. The van der Waals surface area contributed by atoms with Crippen molar-refractivity contribution in [3.63, 3.8) is 0 Å². The summed E-state index contributed by atoms with van der Waals surface area (Å²) in [6.45, 7) is -0.169. The molecule has 0 saturated carbocycles. The fourth-order valence-corrected chi connectivity index (χ4v) is 3.34. The highest BCUT2D eigenvalue weighted by molar-refractivity contribution is 6.36. The molecule has 1 N–H and O–H groups in total. The Hall–Kier alpha value is -4.47. The van der Waals surface area contributed by atoms with Crippen LogP contribution in [0.15, 0.2) is 72.4 Å². The zero-order valence-electron chi connectivity index (χ0n) is 16.7. The molecular formula is C23H14F3N3O4. The van der Waals surface area contributed by atoms with Crippen LogP contribution in [0.3, 0.4) is 0 Å². The summed E-state index contributed by atoms with van der Waals surface area (Å²) in [6, 6.07) is 13.1. The van der Waals surface area contributed by atoms with Gasteiger partial charge in [0.15, 0.2) is 11.6 Å². The van der Waals surface area contributed by atoms with Gasteiger partial charge in [0, 0.05) is 23.9 Å². The lowest BCUT2D eigenvalue weighted by Gasteiger charge is -2.15. The first-order chi connectivity index (χ1) is 15.7. The molecule has 0 fully saturated rings. The molecule has 166 valence electrons. The van der Waals surface area contributed by atoms with Gasteiger partial charge in [-0.05, 0) is 47.5 Å². The Morgan fingerprint density at radius 3 is 2.12 bits per heavy atom. The minimum atomic E-state index is -1.16. The van der Waals surface area contributed by atoms with Crippen LogP contribution in [-0.2, 0) is 16.1 Å². The van der Waals surface area contributed by atoms with E-state index in [1.54, 1.807) is 0 Å². The monoisotopic (exact) mass is 453 g/mol. The third-order valence-electron chi connectivity index (χ3n) is 4.98. The summed E-state index contributed by atoms with van der Waals surface area (Å²) in [4.78, 5) is 37.6. The molecule has 0 bridgehead atoms. The molecule has 7 nitrogen and oxygen atoms in total. The van der Waals surface area contributed by atoms with E-state index in [-0.39, 0.29) is 34.8 Å². The number of nitrogens with zero attached hydrogens (tertiary/aromatic N) is 2. The minimum Gasteiger partial charge on any atom is -0.350 e. The van der Waals surface area contributed by atoms with Crippen molar-refractivity contribution in [1.82, 2.24) is 4.90 Å². The quantitative estimate of drug-likeness (QED) is 0.339. The number of carbonyl (C=O) groups excluding carboxylic acids is 2. The van der Waals surface area contributed by atoms with Crippen molar-refractivity contribution < 1.29 is 27.7 Å². The Labute approximate surface area is 184 Å². The molecule has 0 spiro atoms. The van der Waals surface area contributed by atoms with Crippen LogP contribution in [0.2, 0.25) is 0 Å². The molecule has 0 unspecified atom stereocenters. The van der Waals surface area contributed by atoms with Crippen LogP contribution in [0.25, 0.3) is 5.57 Å². The van der Waals surface area contributed by atoms with Crippen molar-refractivity contribution in [2.24, 2.45) is 0 Å². The molecule has 4 rings (SSSR count). The maximum atomic E-state index is 13.7. The first-order valence-electron chi connectivity index (χ1n) is 9.56. The number of nitro groups is 1. The summed E-state index contributed by atoms with van der Waals surface area (Å²) in [5, 5.41) is 13.6. The fraction of sp³-hybridized carbons (Fsp3) is 0.0435. The van der Waals surface area contributed by atoms with E-state index in [0.29, 0.717) is 5.56 Å². The van der Waals surface area contributed by atoms with Crippen LogP contribution in [0.1, 0.15) is 11.1 Å². The number of nitro benzene ring substituents is 1. The first-order valence-corrected chi connectivity index (χ1v) is 9.56. The molecule has 1 aliphatic heterocycles. The SMILES string of the molecule is O=C1C(Nc2ccc(F)c(F)c2)=C(c2ccc([N+](=O)[O-])cc2)C(=O)N1Cc1ccc(F)cc1. The molecule has 3 aromatic rings. The molecule has 33 heavy (non-hydrogen) atoms. The average Bonchev–Trinajstić information content (AvgIpc) is 3.02. The predicted octanol–water partition coefficient (Wildman–Crippen LogP) is 4.40. The average molecular weight is 453 g/mol. The minimum absolute atomic E-state index is 0.0214. The third-order valence-corrected chi connectivity index (χ3v) is 4.98. The van der Waals surface area contributed by atoms with Crippen LogP contribution < -0.4 is 5.32 Å². The molecule has 1 aliphatic rings. The molecule has 0 aromatic heterocycles. The Balaban J connectivity index is 1.75. The zero-order chi connectivity index (χ0) is 23.7. The Kier molecular flexibility index (Phi) is 5.65. The van der Waals surface area contributed by atoms with Crippen LogP contribution >= 0.6 is 0 Å². The number of rotatable bonds is 6. The van der Waals surface area contributed by atoms with Crippen molar-refractivity contribution in [1.29, 1.82) is 0 Å². The Morgan fingerprint density at radius 1 is 0.848 bits per heavy atom. The highest BCUT2D eigenvalue weighted by Crippen LogP contribution is 2.32. The second-order valence-corrected chi connectivity index (χ2v) is 7.13. The molecule has 0 aliphatic carbocycles. The number of non-ortho nitro benzene ring substituents is 1. The van der Waals surface area contributed by atoms with Gasteiger partial charge in [0.2, 0.25) is 0 Å². The number of anilines is 1. The molecule has 3 aromatic carbocycles. The molecule has 10 heteroatoms. The number of amides is 2. The van der Waals surface area contributed by atoms with Gasteiger partial charge in [0.1, 0.15) is 11.5 Å². The van der Waals surface area contributed by atoms with Gasteiger partial charge < -0.3 is 5.32 Å². The lowest BCUT2D eigenvalue weighted by atomic mass is 10.0. The van der Waals surface area contributed by atoms with Crippen molar-refractivity contribution >= 4 is 28.8 Å². The Morgan fingerprint density at radius 2 is 1.52 bits per heavy atom. The summed E-state index contributed by atoms with van der Waals surface area (Å²) in [5.41, 5.74) is 0.201. The van der Waals surface area contributed by atoms with Gasteiger partial charge in [-0.25, -0.2) is 13.2 Å². The molecule has 0 saturated heterocycles. The van der Waals surface area contributed by atoms with Gasteiger partial charge in [0.05, 0.1) is 17.0 Å². The Bertz CT molecular complexity index is 1310. The van der Waals surface area contributed by atoms with Crippen molar-refractivity contribution in [2.45, 2.75) is 6.54 Å². The van der Waals surface area contributed by atoms with Crippen molar-refractivity contribution in [2.75, 3.05) is 5.32 Å². The summed E-state index contributed by atoms with van der Waals surface area (Å²) in [6.07, 6.45) is 0. The molecule has 0 radical (unpaired) electrons. The smallest absolute Gasteiger partial charge is 0.278 e. The number of hydrogen-bond donors (Lipinski definition) is 1. The number of imide groups is 1. The number of nitrogens with one attached hydrogen (secondary N) is 1. The van der Waals surface area contributed by atoms with E-state index < -0.39 is 34.2 Å². The highest BCUT2D eigenvalue weighted by Gasteiger charge is 2.39. The number of benzene rings is 3. The van der Waals surface area contributed by atoms with E-state index in [1.807, 2.05) is 0 Å². The second kappa shape index (κ2) is 8.58. The van der Waals surface area contributed by atoms with Crippen LogP contribution in [0.4, 0.5) is 24.5 Å². The van der Waals surface area contributed by atoms with E-state index >= 15 is 0 Å². The standard InChI is InChI=1S/C23H14F3N3O4/c24-15-5-1-13(2-6-15)12-28-22(30)20(14-3-8-17(9-4-14)29(32)33)21(23(28)31)27-16-7-10-18(25)19(26)11-16/h1-11,27H,12H2. The third kappa shape index (κ3) is 4.31. The fourth-order valence-electron chi connectivity index (χ4n) is 3.34. The van der Waals surface area contributed by atoms with Crippen molar-refractivity contribution in [3.8, 4) is 0 Å². The lowest BCUT2D eigenvalue weighted by molar-refractivity contribution is -0.384. The summed E-state index contributed by atoms with van der Waals surface area (Å²) in [7, 11) is 0. The topological polar surface area (TPSA) is 92.5 Å². The summed E-state index contributed by atoms with van der Waals surface area (Å²) >= 11 is 0. The number of halogens is 3. The maximum absolute atomic E-state index is 13.7. The summed E-state index contributed by atoms with van der Waals surface area (Å²) < 4.78 is 40.2. The predicted molar refractivity (Wildman–Crippen MR) is 112 cm³/mol. The van der Waals surface area contributed by atoms with E-state index in [4.69, 9.17) is 0 Å². The van der Waals surface area contributed by atoms with Gasteiger partial charge in [-0.15, -0.1) is 0 Å². The van der Waals surface area contributed by atoms with Gasteiger partial charge in [-0.1, -0.05) is 12.1 Å². The highest BCUT2D eigenvalue weighted by atomic mass is 19.2.